The average Bonchev–Trinajstić information content (AvgIpc) is 3.26. The number of ether oxygens (including phenoxy) is 1. The summed E-state index contributed by atoms with van der Waals surface area (Å²) in [4.78, 5) is 6.78. The molecular formula is C27H33N3O3. The Labute approximate surface area is 195 Å². The van der Waals surface area contributed by atoms with Gasteiger partial charge in [-0.25, -0.2) is 0 Å². The highest BCUT2D eigenvalue weighted by Gasteiger charge is 2.55. The van der Waals surface area contributed by atoms with Gasteiger partial charge in [0, 0.05) is 24.1 Å². The van der Waals surface area contributed by atoms with E-state index in [1.54, 1.807) is 0 Å². The van der Waals surface area contributed by atoms with Crippen LogP contribution in [0.3, 0.4) is 0 Å². The molecule has 1 aliphatic carbocycles. The number of rotatable bonds is 8. The fraction of sp³-hybridized carbons (Fsp3) is 0.481. The lowest BCUT2D eigenvalue weighted by molar-refractivity contribution is -0.127. The van der Waals surface area contributed by atoms with Crippen LogP contribution < -0.4 is 0 Å². The average molecular weight is 448 g/mol. The van der Waals surface area contributed by atoms with Crippen molar-refractivity contribution in [1.29, 1.82) is 0 Å². The molecule has 0 bridgehead atoms. The zero-order chi connectivity index (χ0) is 23.1. The molecular weight excluding hydrogens is 414 g/mol. The first-order valence-electron chi connectivity index (χ1n) is 12.0. The van der Waals surface area contributed by atoms with Gasteiger partial charge < -0.3 is 19.3 Å². The summed E-state index contributed by atoms with van der Waals surface area (Å²) >= 11 is 0. The van der Waals surface area contributed by atoms with Crippen LogP contribution in [0.4, 0.5) is 0 Å². The van der Waals surface area contributed by atoms with Crippen molar-refractivity contribution in [2.75, 3.05) is 20.1 Å². The molecule has 33 heavy (non-hydrogen) atoms. The zero-order valence-electron chi connectivity index (χ0n) is 19.8. The molecule has 2 fully saturated rings. The molecule has 0 unspecified atom stereocenters. The van der Waals surface area contributed by atoms with Gasteiger partial charge in [-0.05, 0) is 61.6 Å². The van der Waals surface area contributed by atoms with E-state index < -0.39 is 5.60 Å². The van der Waals surface area contributed by atoms with Crippen molar-refractivity contribution in [3.8, 4) is 11.5 Å². The number of hydrogen-bond donors (Lipinski definition) is 1. The van der Waals surface area contributed by atoms with E-state index in [4.69, 9.17) is 9.26 Å². The number of nitrogens with zero attached hydrogens (tertiary/aromatic N) is 3. The SMILES string of the molecule is CCc1ccc([C@](O)(c2cccc(-c3nc(COC4CCC4)no3)c2)C2(C)CN(C)C2)cc1. The van der Waals surface area contributed by atoms with Crippen molar-refractivity contribution in [2.24, 2.45) is 5.41 Å². The smallest absolute Gasteiger partial charge is 0.258 e. The van der Waals surface area contributed by atoms with Crippen LogP contribution in [0.1, 0.15) is 55.6 Å². The first kappa shape index (κ1) is 22.3. The Bertz CT molecular complexity index is 1100. The van der Waals surface area contributed by atoms with Gasteiger partial charge in [0.2, 0.25) is 0 Å². The summed E-state index contributed by atoms with van der Waals surface area (Å²) in [7, 11) is 2.09. The van der Waals surface area contributed by atoms with Gasteiger partial charge in [-0.15, -0.1) is 0 Å². The van der Waals surface area contributed by atoms with E-state index in [2.05, 4.69) is 60.2 Å². The number of benzene rings is 2. The molecule has 0 spiro atoms. The predicted molar refractivity (Wildman–Crippen MR) is 127 cm³/mol. The van der Waals surface area contributed by atoms with Crippen LogP contribution in [0.25, 0.3) is 11.5 Å². The van der Waals surface area contributed by atoms with Gasteiger partial charge in [-0.2, -0.15) is 4.98 Å². The molecule has 1 aromatic heterocycles. The van der Waals surface area contributed by atoms with E-state index in [0.29, 0.717) is 24.4 Å². The van der Waals surface area contributed by atoms with Gasteiger partial charge in [-0.3, -0.25) is 0 Å². The van der Waals surface area contributed by atoms with E-state index >= 15 is 0 Å². The maximum absolute atomic E-state index is 12.4. The third kappa shape index (κ3) is 4.01. The minimum Gasteiger partial charge on any atom is -0.380 e. The Kier molecular flexibility index (Phi) is 5.85. The summed E-state index contributed by atoms with van der Waals surface area (Å²) in [5.41, 5.74) is 2.35. The van der Waals surface area contributed by atoms with E-state index in [0.717, 1.165) is 49.0 Å². The fourth-order valence-corrected chi connectivity index (χ4v) is 5.26. The molecule has 1 aliphatic heterocycles. The highest BCUT2D eigenvalue weighted by atomic mass is 16.5. The second-order valence-electron chi connectivity index (χ2n) is 9.95. The third-order valence-corrected chi connectivity index (χ3v) is 7.39. The van der Waals surface area contributed by atoms with Crippen LogP contribution in [-0.2, 0) is 23.4 Å². The van der Waals surface area contributed by atoms with Crippen molar-refractivity contribution in [3.63, 3.8) is 0 Å². The van der Waals surface area contributed by atoms with Crippen LogP contribution in [0, 0.1) is 5.41 Å². The van der Waals surface area contributed by atoms with E-state index in [1.807, 2.05) is 24.3 Å². The summed E-state index contributed by atoms with van der Waals surface area (Å²) in [5.74, 6) is 1.00. The number of hydrogen-bond acceptors (Lipinski definition) is 6. The summed E-state index contributed by atoms with van der Waals surface area (Å²) in [5, 5.41) is 16.5. The molecule has 1 atom stereocenters. The topological polar surface area (TPSA) is 71.6 Å². The summed E-state index contributed by atoms with van der Waals surface area (Å²) in [6.45, 7) is 6.30. The Balaban J connectivity index is 1.47. The summed E-state index contributed by atoms with van der Waals surface area (Å²) in [6.07, 6.45) is 4.74. The first-order valence-corrected chi connectivity index (χ1v) is 12.0. The summed E-state index contributed by atoms with van der Waals surface area (Å²) < 4.78 is 11.4. The van der Waals surface area contributed by atoms with Gasteiger partial charge in [-0.1, -0.05) is 55.4 Å². The lowest BCUT2D eigenvalue weighted by Crippen LogP contribution is -2.63. The quantitative estimate of drug-likeness (QED) is 0.546. The molecule has 1 saturated heterocycles. The van der Waals surface area contributed by atoms with Gasteiger partial charge in [0.15, 0.2) is 5.82 Å². The third-order valence-electron chi connectivity index (χ3n) is 7.39. The highest BCUT2D eigenvalue weighted by Crippen LogP contribution is 2.50. The predicted octanol–water partition coefficient (Wildman–Crippen LogP) is 4.56. The Morgan fingerprint density at radius 1 is 1.15 bits per heavy atom. The molecule has 2 aliphatic rings. The van der Waals surface area contributed by atoms with E-state index in [-0.39, 0.29) is 5.41 Å². The normalized spacial score (nSPS) is 20.1. The largest absolute Gasteiger partial charge is 0.380 e. The monoisotopic (exact) mass is 447 g/mol. The molecule has 2 aromatic carbocycles. The van der Waals surface area contributed by atoms with Crippen LogP contribution in [0.5, 0.6) is 0 Å². The second kappa shape index (κ2) is 8.67. The molecule has 1 N–H and O–H groups in total. The minimum absolute atomic E-state index is 0.315. The van der Waals surface area contributed by atoms with E-state index in [9.17, 15) is 5.11 Å². The maximum Gasteiger partial charge on any atom is 0.258 e. The Morgan fingerprint density at radius 3 is 2.55 bits per heavy atom. The molecule has 174 valence electrons. The number of aryl methyl sites for hydroxylation is 1. The number of aliphatic hydroxyl groups is 1. The van der Waals surface area contributed by atoms with Crippen molar-refractivity contribution in [1.82, 2.24) is 15.0 Å². The highest BCUT2D eigenvalue weighted by molar-refractivity contribution is 5.56. The standard InChI is InChI=1S/C27H33N3O3/c1-4-19-11-13-21(14-12-19)27(31,26(2)17-30(3)18-26)22-8-5-7-20(15-22)25-28-24(29-33-25)16-32-23-9-6-10-23/h5,7-8,11-15,23,31H,4,6,9-10,16-18H2,1-3H3/t27-/m0/s1. The van der Waals surface area contributed by atoms with Crippen LogP contribution >= 0.6 is 0 Å². The lowest BCUT2D eigenvalue weighted by atomic mass is 9.62. The van der Waals surface area contributed by atoms with Crippen LogP contribution in [0.15, 0.2) is 53.1 Å². The Hall–Kier alpha value is -2.54. The van der Waals surface area contributed by atoms with Crippen LogP contribution in [-0.4, -0.2) is 46.4 Å². The molecule has 0 amide bonds. The van der Waals surface area contributed by atoms with E-state index in [1.165, 1.54) is 12.0 Å². The van der Waals surface area contributed by atoms with Gasteiger partial charge in [0.25, 0.3) is 5.89 Å². The minimum atomic E-state index is -1.14. The van der Waals surface area contributed by atoms with Crippen LogP contribution in [0.2, 0.25) is 0 Å². The van der Waals surface area contributed by atoms with Crippen molar-refractivity contribution in [3.05, 3.63) is 71.0 Å². The maximum atomic E-state index is 12.4. The molecule has 5 rings (SSSR count). The molecule has 2 heterocycles. The zero-order valence-corrected chi connectivity index (χ0v) is 19.8. The summed E-state index contributed by atoms with van der Waals surface area (Å²) in [6, 6.07) is 16.2. The second-order valence-corrected chi connectivity index (χ2v) is 9.95. The van der Waals surface area contributed by atoms with Crippen molar-refractivity contribution in [2.45, 2.75) is 57.8 Å². The van der Waals surface area contributed by atoms with Gasteiger partial charge in [0.1, 0.15) is 12.2 Å². The number of likely N-dealkylation sites (tertiary alicyclic amines) is 1. The molecule has 3 aromatic rings. The fourth-order valence-electron chi connectivity index (χ4n) is 5.26. The van der Waals surface area contributed by atoms with Crippen molar-refractivity contribution < 1.29 is 14.4 Å². The first-order chi connectivity index (χ1) is 15.9. The lowest BCUT2D eigenvalue weighted by Gasteiger charge is -2.56. The molecule has 1 saturated carbocycles. The molecule has 6 nitrogen and oxygen atoms in total. The number of aromatic nitrogens is 2. The van der Waals surface area contributed by atoms with Gasteiger partial charge >= 0.3 is 0 Å². The van der Waals surface area contributed by atoms with Gasteiger partial charge in [0.05, 0.1) is 6.10 Å². The van der Waals surface area contributed by atoms with Crippen molar-refractivity contribution >= 4 is 0 Å². The molecule has 6 heteroatoms. The molecule has 0 radical (unpaired) electrons. The Morgan fingerprint density at radius 2 is 1.91 bits per heavy atom.